The molecule has 1 unspecified atom stereocenters. The molecule has 0 bridgehead atoms. The number of rotatable bonds is 9. The number of hydrogen-bond acceptors (Lipinski definition) is 6. The number of carbonyl (C=O) groups excluding carboxylic acids is 3. The molecule has 0 radical (unpaired) electrons. The van der Waals surface area contributed by atoms with Crippen LogP contribution in [0.2, 0.25) is 0 Å². The molecule has 8 nitrogen and oxygen atoms in total. The van der Waals surface area contributed by atoms with Gasteiger partial charge < -0.3 is 19.7 Å². The smallest absolute Gasteiger partial charge is 0.325 e. The van der Waals surface area contributed by atoms with Crippen molar-refractivity contribution in [2.75, 3.05) is 33.3 Å². The third-order valence-electron chi connectivity index (χ3n) is 5.17. The number of piperazine rings is 1. The quantitative estimate of drug-likeness (QED) is 0.603. The molecule has 2 aromatic rings. The Kier molecular flexibility index (Phi) is 8.21. The summed E-state index contributed by atoms with van der Waals surface area (Å²) in [4.78, 5) is 40.1. The van der Waals surface area contributed by atoms with Crippen molar-refractivity contribution in [2.24, 2.45) is 0 Å². The predicted octanol–water partition coefficient (Wildman–Crippen LogP) is 2.19. The largest absolute Gasteiger partial charge is 0.465 e. The highest BCUT2D eigenvalue weighted by Gasteiger charge is 2.32. The third-order valence-corrected chi connectivity index (χ3v) is 5.17. The second kappa shape index (κ2) is 11.3. The highest BCUT2D eigenvalue weighted by atomic mass is 16.5. The third kappa shape index (κ3) is 6.55. The zero-order chi connectivity index (χ0) is 22.9. The molecule has 0 aromatic heterocycles. The van der Waals surface area contributed by atoms with Gasteiger partial charge in [0.1, 0.15) is 18.0 Å². The van der Waals surface area contributed by atoms with Crippen molar-refractivity contribution in [1.82, 2.24) is 15.1 Å². The molecule has 2 aromatic carbocycles. The Morgan fingerprint density at radius 2 is 1.88 bits per heavy atom. The minimum Gasteiger partial charge on any atom is -0.465 e. The van der Waals surface area contributed by atoms with Gasteiger partial charge in [0, 0.05) is 26.7 Å². The molecule has 2 amide bonds. The molecule has 1 saturated heterocycles. The fourth-order valence-electron chi connectivity index (χ4n) is 3.55. The van der Waals surface area contributed by atoms with E-state index in [-0.39, 0.29) is 31.4 Å². The fraction of sp³-hybridized carbons (Fsp3) is 0.375. The average Bonchev–Trinajstić information content (AvgIpc) is 2.77. The lowest BCUT2D eigenvalue weighted by molar-refractivity contribution is -0.149. The van der Waals surface area contributed by atoms with E-state index in [9.17, 15) is 14.4 Å². The van der Waals surface area contributed by atoms with Gasteiger partial charge in [-0.15, -0.1) is 0 Å². The molecule has 170 valence electrons. The molecule has 1 aliphatic heterocycles. The van der Waals surface area contributed by atoms with Crippen molar-refractivity contribution in [2.45, 2.75) is 25.9 Å². The highest BCUT2D eigenvalue weighted by Crippen LogP contribution is 2.23. The molecule has 0 aliphatic carbocycles. The van der Waals surface area contributed by atoms with Gasteiger partial charge in [0.25, 0.3) is 0 Å². The van der Waals surface area contributed by atoms with E-state index in [0.717, 1.165) is 11.3 Å². The van der Waals surface area contributed by atoms with Crippen LogP contribution in [0.15, 0.2) is 54.6 Å². The lowest BCUT2D eigenvalue weighted by Gasteiger charge is -2.35. The molecule has 0 spiro atoms. The lowest BCUT2D eigenvalue weighted by atomic mass is 10.1. The van der Waals surface area contributed by atoms with Crippen LogP contribution in [0.1, 0.15) is 18.9 Å². The van der Waals surface area contributed by atoms with Crippen LogP contribution in [-0.2, 0) is 25.7 Å². The number of esters is 1. The van der Waals surface area contributed by atoms with Crippen molar-refractivity contribution >= 4 is 17.8 Å². The van der Waals surface area contributed by atoms with Crippen molar-refractivity contribution < 1.29 is 23.9 Å². The number of amides is 2. The fourth-order valence-corrected chi connectivity index (χ4v) is 3.55. The van der Waals surface area contributed by atoms with E-state index >= 15 is 0 Å². The molecule has 1 aliphatic rings. The average molecular weight is 440 g/mol. The van der Waals surface area contributed by atoms with Gasteiger partial charge in [0.2, 0.25) is 11.8 Å². The normalized spacial score (nSPS) is 16.2. The Morgan fingerprint density at radius 3 is 2.62 bits per heavy atom. The zero-order valence-corrected chi connectivity index (χ0v) is 18.5. The van der Waals surface area contributed by atoms with Crippen LogP contribution in [0, 0.1) is 0 Å². The first kappa shape index (κ1) is 23.3. The number of nitrogens with zero attached hydrogens (tertiary/aromatic N) is 2. The number of ether oxygens (including phenoxy) is 2. The second-order valence-electron chi connectivity index (χ2n) is 7.60. The summed E-state index contributed by atoms with van der Waals surface area (Å²) in [5.74, 6) is 0.507. The molecule has 32 heavy (non-hydrogen) atoms. The van der Waals surface area contributed by atoms with Crippen LogP contribution in [0.3, 0.4) is 0 Å². The van der Waals surface area contributed by atoms with Gasteiger partial charge in [0.05, 0.1) is 19.1 Å². The first-order valence-electron chi connectivity index (χ1n) is 10.7. The lowest BCUT2D eigenvalue weighted by Crippen LogP contribution is -2.56. The molecule has 1 heterocycles. The molecular formula is C24H29N3O5. The van der Waals surface area contributed by atoms with Crippen LogP contribution in [0.4, 0.5) is 0 Å². The molecular weight excluding hydrogens is 410 g/mol. The number of hydrogen-bond donors (Lipinski definition) is 1. The van der Waals surface area contributed by atoms with E-state index in [4.69, 9.17) is 9.47 Å². The first-order valence-corrected chi connectivity index (χ1v) is 10.7. The molecule has 1 atom stereocenters. The molecule has 8 heteroatoms. The maximum Gasteiger partial charge on any atom is 0.325 e. The van der Waals surface area contributed by atoms with Crippen LogP contribution in [0.5, 0.6) is 11.5 Å². The van der Waals surface area contributed by atoms with Crippen molar-refractivity contribution in [3.8, 4) is 11.5 Å². The summed E-state index contributed by atoms with van der Waals surface area (Å²) in [6.07, 6.45) is -0.0120. The summed E-state index contributed by atoms with van der Waals surface area (Å²) >= 11 is 0. The minimum absolute atomic E-state index is 0.0120. The topological polar surface area (TPSA) is 88.2 Å². The van der Waals surface area contributed by atoms with Crippen LogP contribution >= 0.6 is 0 Å². The van der Waals surface area contributed by atoms with Gasteiger partial charge >= 0.3 is 5.97 Å². The van der Waals surface area contributed by atoms with Gasteiger partial charge in [-0.2, -0.15) is 0 Å². The van der Waals surface area contributed by atoms with Crippen LogP contribution in [-0.4, -0.2) is 66.9 Å². The molecule has 0 saturated carbocycles. The highest BCUT2D eigenvalue weighted by molar-refractivity contribution is 5.90. The number of nitrogens with one attached hydrogen (secondary N) is 1. The summed E-state index contributed by atoms with van der Waals surface area (Å²) in [7, 11) is 1.54. The van der Waals surface area contributed by atoms with Crippen molar-refractivity contribution in [1.29, 1.82) is 0 Å². The predicted molar refractivity (Wildman–Crippen MR) is 119 cm³/mol. The van der Waals surface area contributed by atoms with Crippen molar-refractivity contribution in [3.63, 3.8) is 0 Å². The van der Waals surface area contributed by atoms with E-state index in [1.54, 1.807) is 6.92 Å². The number of carbonyl (C=O) groups is 3. The Labute approximate surface area is 188 Å². The van der Waals surface area contributed by atoms with Gasteiger partial charge in [-0.05, 0) is 36.8 Å². The zero-order valence-electron chi connectivity index (χ0n) is 18.5. The molecule has 1 fully saturated rings. The number of likely N-dealkylation sites (N-methyl/N-ethyl adjacent to an activating group) is 1. The summed E-state index contributed by atoms with van der Waals surface area (Å²) in [5, 5.41) is 2.83. The first-order chi connectivity index (χ1) is 15.5. The Bertz CT molecular complexity index is 934. The van der Waals surface area contributed by atoms with Gasteiger partial charge in [-0.1, -0.05) is 30.3 Å². The summed E-state index contributed by atoms with van der Waals surface area (Å²) < 4.78 is 10.8. The van der Waals surface area contributed by atoms with E-state index in [2.05, 4.69) is 5.32 Å². The Hall–Kier alpha value is -3.39. The minimum atomic E-state index is -0.611. The summed E-state index contributed by atoms with van der Waals surface area (Å²) in [6.45, 7) is 3.47. The summed E-state index contributed by atoms with van der Waals surface area (Å²) in [6, 6.07) is 16.6. The van der Waals surface area contributed by atoms with Crippen molar-refractivity contribution in [3.05, 3.63) is 60.2 Å². The van der Waals surface area contributed by atoms with Gasteiger partial charge in [-0.25, -0.2) is 0 Å². The van der Waals surface area contributed by atoms with E-state index < -0.39 is 12.0 Å². The second-order valence-corrected chi connectivity index (χ2v) is 7.60. The van der Waals surface area contributed by atoms with Crippen LogP contribution < -0.4 is 10.1 Å². The van der Waals surface area contributed by atoms with Gasteiger partial charge in [-0.3, -0.25) is 19.3 Å². The Balaban J connectivity index is 1.65. The SMILES string of the molecule is CCOC(=O)CN(C)C(=O)CC1C(=O)NCCN1Cc1cccc(Oc2ccccc2)c1. The van der Waals surface area contributed by atoms with Crippen LogP contribution in [0.25, 0.3) is 0 Å². The monoisotopic (exact) mass is 439 g/mol. The number of para-hydroxylation sites is 1. The van der Waals surface area contributed by atoms with E-state index in [1.165, 1.54) is 11.9 Å². The standard InChI is InChI=1S/C24H29N3O5/c1-3-31-23(29)17-26(2)22(28)15-21-24(30)25-12-13-27(21)16-18-8-7-11-20(14-18)32-19-9-5-4-6-10-19/h4-11,14,21H,3,12-13,15-17H2,1-2H3,(H,25,30). The maximum absolute atomic E-state index is 12.6. The maximum atomic E-state index is 12.6. The molecule has 1 N–H and O–H groups in total. The van der Waals surface area contributed by atoms with Gasteiger partial charge in [0.15, 0.2) is 0 Å². The van der Waals surface area contributed by atoms with E-state index in [0.29, 0.717) is 25.4 Å². The Morgan fingerprint density at radius 1 is 1.12 bits per heavy atom. The summed E-state index contributed by atoms with van der Waals surface area (Å²) in [5.41, 5.74) is 0.977. The molecule has 3 rings (SSSR count). The van der Waals surface area contributed by atoms with E-state index in [1.807, 2.05) is 59.5 Å². The number of benzene rings is 2.